The molecule has 0 N–H and O–H groups in total. The molecule has 0 fully saturated rings. The summed E-state index contributed by atoms with van der Waals surface area (Å²) >= 11 is 0. The van der Waals surface area contributed by atoms with Gasteiger partial charge < -0.3 is 14.2 Å². The minimum absolute atomic E-state index is 0.0877. The average Bonchev–Trinajstić information content (AvgIpc) is 2.58. The average molecular weight is 318 g/mol. The van der Waals surface area contributed by atoms with Gasteiger partial charge in [0.1, 0.15) is 0 Å². The Morgan fingerprint density at radius 3 is 2.22 bits per heavy atom. The first kappa shape index (κ1) is 17.2. The van der Waals surface area contributed by atoms with Crippen molar-refractivity contribution in [2.24, 2.45) is 0 Å². The quantitative estimate of drug-likeness (QED) is 0.655. The molecule has 0 saturated carbocycles. The van der Waals surface area contributed by atoms with E-state index in [0.29, 0.717) is 31.1 Å². The second-order valence-electron chi connectivity index (χ2n) is 5.08. The van der Waals surface area contributed by atoms with E-state index in [1.54, 1.807) is 38.1 Å². The minimum atomic E-state index is -1.36. The number of ketones is 2. The van der Waals surface area contributed by atoms with Crippen LogP contribution in [0.25, 0.3) is 0 Å². The van der Waals surface area contributed by atoms with E-state index in [1.807, 2.05) is 13.0 Å². The van der Waals surface area contributed by atoms with Gasteiger partial charge in [0.05, 0.1) is 19.6 Å². The number of Topliss-reactive ketones (excluding diaryl/α,β-unsaturated/α-hetero) is 2. The van der Waals surface area contributed by atoms with Crippen LogP contribution in [0.5, 0.6) is 0 Å². The van der Waals surface area contributed by atoms with Crippen LogP contribution < -0.4 is 0 Å². The van der Waals surface area contributed by atoms with E-state index in [0.717, 1.165) is 0 Å². The van der Waals surface area contributed by atoms with Crippen LogP contribution in [0, 0.1) is 0 Å². The third-order valence-electron chi connectivity index (χ3n) is 3.62. The minimum Gasteiger partial charge on any atom is -0.491 e. The highest BCUT2D eigenvalue weighted by Crippen LogP contribution is 2.43. The fourth-order valence-corrected chi connectivity index (χ4v) is 2.65. The van der Waals surface area contributed by atoms with Gasteiger partial charge in [-0.05, 0) is 20.8 Å². The van der Waals surface area contributed by atoms with Gasteiger partial charge in [-0.3, -0.25) is 9.59 Å². The second kappa shape index (κ2) is 7.42. The van der Waals surface area contributed by atoms with Gasteiger partial charge in [0, 0.05) is 12.2 Å². The highest BCUT2D eigenvalue weighted by atomic mass is 16.6. The molecular weight excluding hydrogens is 296 g/mol. The summed E-state index contributed by atoms with van der Waals surface area (Å²) in [6.45, 7) is 6.41. The number of hydrogen-bond acceptors (Lipinski definition) is 5. The van der Waals surface area contributed by atoms with Crippen LogP contribution in [-0.2, 0) is 19.0 Å². The number of ether oxygens (including phenoxy) is 3. The first-order chi connectivity index (χ1) is 11.1. The third-order valence-corrected chi connectivity index (χ3v) is 3.62. The van der Waals surface area contributed by atoms with E-state index >= 15 is 0 Å². The Morgan fingerprint density at radius 2 is 1.65 bits per heavy atom. The summed E-state index contributed by atoms with van der Waals surface area (Å²) in [5.41, 5.74) is -0.817. The fraction of sp³-hybridized carbons (Fsp3) is 0.444. The third kappa shape index (κ3) is 3.15. The summed E-state index contributed by atoms with van der Waals surface area (Å²) in [7, 11) is 0. The van der Waals surface area contributed by atoms with E-state index in [4.69, 9.17) is 14.2 Å². The maximum atomic E-state index is 12.6. The summed E-state index contributed by atoms with van der Waals surface area (Å²) in [5, 5.41) is 0. The molecule has 0 spiro atoms. The van der Waals surface area contributed by atoms with E-state index in [9.17, 15) is 9.59 Å². The topological polar surface area (TPSA) is 61.8 Å². The molecule has 5 nitrogen and oxygen atoms in total. The largest absolute Gasteiger partial charge is 0.491 e. The number of rotatable bonds is 9. The molecule has 23 heavy (non-hydrogen) atoms. The first-order valence-corrected chi connectivity index (χ1v) is 7.88. The van der Waals surface area contributed by atoms with Crippen LogP contribution in [0.3, 0.4) is 0 Å². The lowest BCUT2D eigenvalue weighted by atomic mass is 9.77. The Bertz CT molecular complexity index is 605. The molecule has 2 rings (SSSR count). The van der Waals surface area contributed by atoms with Crippen molar-refractivity contribution in [2.45, 2.75) is 32.8 Å². The van der Waals surface area contributed by atoms with E-state index in [1.165, 1.54) is 0 Å². The van der Waals surface area contributed by atoms with Gasteiger partial charge in [-0.1, -0.05) is 30.3 Å². The van der Waals surface area contributed by atoms with Gasteiger partial charge in [0.15, 0.2) is 11.5 Å². The molecule has 124 valence electrons. The smallest absolute Gasteiger partial charge is 0.241 e. The molecule has 0 heterocycles. The zero-order chi connectivity index (χ0) is 16.9. The zero-order valence-corrected chi connectivity index (χ0v) is 13.8. The van der Waals surface area contributed by atoms with E-state index in [2.05, 4.69) is 0 Å². The maximum absolute atomic E-state index is 12.6. The van der Waals surface area contributed by atoms with Gasteiger partial charge in [-0.25, -0.2) is 0 Å². The molecule has 0 aliphatic heterocycles. The lowest BCUT2D eigenvalue weighted by Crippen LogP contribution is -2.55. The molecule has 1 aromatic carbocycles. The molecule has 0 aromatic heterocycles. The first-order valence-electron chi connectivity index (χ1n) is 7.88. The van der Waals surface area contributed by atoms with Gasteiger partial charge in [-0.2, -0.15) is 0 Å². The van der Waals surface area contributed by atoms with Crippen LogP contribution in [0.15, 0.2) is 41.9 Å². The second-order valence-corrected chi connectivity index (χ2v) is 5.08. The Morgan fingerprint density at radius 1 is 1.00 bits per heavy atom. The number of benzene rings is 1. The standard InChI is InChI=1S/C18H22O5/c1-4-21-15-16(20)18(23-6-3,17(15)22-5-2)12-14(19)13-10-8-7-9-11-13/h7-11H,4-6,12H2,1-3H3. The van der Waals surface area contributed by atoms with Crippen molar-refractivity contribution in [3.05, 3.63) is 47.4 Å². The van der Waals surface area contributed by atoms with Gasteiger partial charge in [-0.15, -0.1) is 0 Å². The molecule has 0 saturated heterocycles. The van der Waals surface area contributed by atoms with Crippen LogP contribution in [0.2, 0.25) is 0 Å². The maximum Gasteiger partial charge on any atom is 0.241 e. The van der Waals surface area contributed by atoms with Gasteiger partial charge in [0.2, 0.25) is 17.1 Å². The molecule has 0 radical (unpaired) electrons. The molecule has 1 unspecified atom stereocenters. The van der Waals surface area contributed by atoms with Crippen LogP contribution >= 0.6 is 0 Å². The SMILES string of the molecule is CCOC1=C(OCC)C(CC(=O)c2ccccc2)(OCC)C1=O. The van der Waals surface area contributed by atoms with E-state index in [-0.39, 0.29) is 23.7 Å². The fourth-order valence-electron chi connectivity index (χ4n) is 2.65. The molecular formula is C18H22O5. The van der Waals surface area contributed by atoms with Crippen molar-refractivity contribution >= 4 is 11.6 Å². The Labute approximate surface area is 136 Å². The summed E-state index contributed by atoms with van der Waals surface area (Å²) in [6, 6.07) is 8.85. The summed E-state index contributed by atoms with van der Waals surface area (Å²) in [6.07, 6.45) is -0.0877. The van der Waals surface area contributed by atoms with Crippen molar-refractivity contribution in [3.63, 3.8) is 0 Å². The monoisotopic (exact) mass is 318 g/mol. The molecule has 0 amide bonds. The predicted molar refractivity (Wildman–Crippen MR) is 85.0 cm³/mol. The molecule has 1 aromatic rings. The number of hydrogen-bond donors (Lipinski definition) is 0. The van der Waals surface area contributed by atoms with Crippen molar-refractivity contribution < 1.29 is 23.8 Å². The highest BCUT2D eigenvalue weighted by Gasteiger charge is 2.59. The summed E-state index contributed by atoms with van der Waals surface area (Å²) in [5.74, 6) is 0.00993. The molecule has 5 heteroatoms. The van der Waals surface area contributed by atoms with Gasteiger partial charge >= 0.3 is 0 Å². The molecule has 0 bridgehead atoms. The Kier molecular flexibility index (Phi) is 5.55. The normalized spacial score (nSPS) is 20.2. The summed E-state index contributed by atoms with van der Waals surface area (Å²) < 4.78 is 16.6. The van der Waals surface area contributed by atoms with Crippen molar-refractivity contribution in [1.29, 1.82) is 0 Å². The predicted octanol–water partition coefficient (Wildman–Crippen LogP) is 2.90. The lowest BCUT2D eigenvalue weighted by molar-refractivity contribution is -0.155. The molecule has 1 aliphatic carbocycles. The van der Waals surface area contributed by atoms with Gasteiger partial charge in [0.25, 0.3) is 0 Å². The van der Waals surface area contributed by atoms with Crippen molar-refractivity contribution in [1.82, 2.24) is 0 Å². The van der Waals surface area contributed by atoms with Crippen LogP contribution in [0.1, 0.15) is 37.6 Å². The number of carbonyl (C=O) groups excluding carboxylic acids is 2. The van der Waals surface area contributed by atoms with Crippen molar-refractivity contribution in [2.75, 3.05) is 19.8 Å². The van der Waals surface area contributed by atoms with Crippen LogP contribution in [0.4, 0.5) is 0 Å². The molecule has 1 atom stereocenters. The highest BCUT2D eigenvalue weighted by molar-refractivity contribution is 6.14. The lowest BCUT2D eigenvalue weighted by Gasteiger charge is -2.41. The summed E-state index contributed by atoms with van der Waals surface area (Å²) in [4.78, 5) is 25.1. The number of carbonyl (C=O) groups is 2. The van der Waals surface area contributed by atoms with Crippen molar-refractivity contribution in [3.8, 4) is 0 Å². The van der Waals surface area contributed by atoms with E-state index < -0.39 is 5.60 Å². The molecule has 1 aliphatic rings. The Balaban J connectivity index is 2.32. The Hall–Kier alpha value is -2.14. The zero-order valence-electron chi connectivity index (χ0n) is 13.8. The van der Waals surface area contributed by atoms with Crippen LogP contribution in [-0.4, -0.2) is 37.0 Å².